The lowest BCUT2D eigenvalue weighted by molar-refractivity contribution is 0.708. The predicted molar refractivity (Wildman–Crippen MR) is 80.8 cm³/mol. The summed E-state index contributed by atoms with van der Waals surface area (Å²) in [5.74, 6) is 0.908. The second-order valence-electron chi connectivity index (χ2n) is 4.21. The number of nitrogens with one attached hydrogen (secondary N) is 1. The van der Waals surface area contributed by atoms with Gasteiger partial charge in [-0.05, 0) is 18.7 Å². The van der Waals surface area contributed by atoms with Gasteiger partial charge in [0.2, 0.25) is 0 Å². The third-order valence-corrected chi connectivity index (χ3v) is 3.70. The Morgan fingerprint density at radius 3 is 2.95 bits per heavy atom. The van der Waals surface area contributed by atoms with E-state index >= 15 is 0 Å². The van der Waals surface area contributed by atoms with Crippen LogP contribution in [0.2, 0.25) is 5.02 Å². The summed E-state index contributed by atoms with van der Waals surface area (Å²) in [6.45, 7) is 4.40. The molecule has 0 spiro atoms. The number of hydrogen-bond donors (Lipinski definition) is 1. The highest BCUT2D eigenvalue weighted by molar-refractivity contribution is 7.07. The monoisotopic (exact) mass is 296 g/mol. The Bertz CT molecular complexity index is 515. The summed E-state index contributed by atoms with van der Waals surface area (Å²) in [5.41, 5.74) is 3.78. The molecule has 2 aromatic rings. The molecule has 1 N–H and O–H groups in total. The molecular weight excluding hydrogens is 280 g/mol. The molecule has 0 aliphatic heterocycles. The first-order valence-electron chi connectivity index (χ1n) is 6.15. The number of nitrogens with zero attached hydrogens (tertiary/aromatic N) is 3. The topological polar surface area (TPSA) is 41.1 Å². The van der Waals surface area contributed by atoms with Gasteiger partial charge < -0.3 is 10.2 Å². The Morgan fingerprint density at radius 2 is 2.26 bits per heavy atom. The lowest BCUT2D eigenvalue weighted by Gasteiger charge is -2.18. The fourth-order valence-corrected chi connectivity index (χ4v) is 2.41. The normalized spacial score (nSPS) is 10.7. The zero-order valence-electron chi connectivity index (χ0n) is 11.1. The Balaban J connectivity index is 2.10. The second-order valence-corrected chi connectivity index (χ2v) is 5.34. The minimum atomic E-state index is 0.688. The highest BCUT2D eigenvalue weighted by Crippen LogP contribution is 2.19. The van der Waals surface area contributed by atoms with Gasteiger partial charge in [-0.3, -0.25) is 0 Å². The van der Waals surface area contributed by atoms with Crippen LogP contribution in [0.5, 0.6) is 0 Å². The Hall–Kier alpha value is -1.17. The van der Waals surface area contributed by atoms with E-state index in [1.54, 1.807) is 11.3 Å². The van der Waals surface area contributed by atoms with Crippen molar-refractivity contribution in [3.8, 4) is 0 Å². The largest absolute Gasteiger partial charge is 0.354 e. The van der Waals surface area contributed by atoms with E-state index in [0.717, 1.165) is 30.3 Å². The molecule has 0 aliphatic rings. The van der Waals surface area contributed by atoms with Gasteiger partial charge in [-0.1, -0.05) is 18.5 Å². The summed E-state index contributed by atoms with van der Waals surface area (Å²) in [4.78, 5) is 10.9. The number of aromatic nitrogens is 2. The van der Waals surface area contributed by atoms with Gasteiger partial charge in [0.05, 0.1) is 28.5 Å². The van der Waals surface area contributed by atoms with Gasteiger partial charge in [0, 0.05) is 19.0 Å². The lowest BCUT2D eigenvalue weighted by Crippen LogP contribution is -2.20. The third-order valence-electron chi connectivity index (χ3n) is 2.72. The van der Waals surface area contributed by atoms with Crippen molar-refractivity contribution in [2.45, 2.75) is 20.0 Å². The molecule has 0 radical (unpaired) electrons. The van der Waals surface area contributed by atoms with E-state index in [-0.39, 0.29) is 0 Å². The highest BCUT2D eigenvalue weighted by atomic mass is 35.5. The number of pyridine rings is 1. The van der Waals surface area contributed by atoms with Crippen LogP contribution in [0.4, 0.5) is 5.82 Å². The highest BCUT2D eigenvalue weighted by Gasteiger charge is 2.08. The summed E-state index contributed by atoms with van der Waals surface area (Å²) < 4.78 is 0. The van der Waals surface area contributed by atoms with Crippen molar-refractivity contribution < 1.29 is 0 Å². The zero-order valence-corrected chi connectivity index (χ0v) is 12.6. The van der Waals surface area contributed by atoms with Gasteiger partial charge in [-0.25, -0.2) is 9.97 Å². The third kappa shape index (κ3) is 3.89. The van der Waals surface area contributed by atoms with Crippen molar-refractivity contribution in [3.63, 3.8) is 0 Å². The fourth-order valence-electron chi connectivity index (χ4n) is 1.69. The molecule has 0 fully saturated rings. The summed E-state index contributed by atoms with van der Waals surface area (Å²) in [7, 11) is 2.01. The van der Waals surface area contributed by atoms with E-state index in [1.165, 1.54) is 0 Å². The van der Waals surface area contributed by atoms with E-state index in [2.05, 4.69) is 27.1 Å². The first-order chi connectivity index (χ1) is 9.20. The van der Waals surface area contributed by atoms with Crippen molar-refractivity contribution >= 4 is 28.8 Å². The van der Waals surface area contributed by atoms with Gasteiger partial charge in [-0.2, -0.15) is 0 Å². The van der Waals surface area contributed by atoms with Crippen molar-refractivity contribution in [2.75, 3.05) is 18.5 Å². The van der Waals surface area contributed by atoms with Crippen LogP contribution in [0.25, 0.3) is 0 Å². The number of hydrogen-bond acceptors (Lipinski definition) is 5. The van der Waals surface area contributed by atoms with Crippen LogP contribution in [-0.2, 0) is 13.1 Å². The Morgan fingerprint density at radius 1 is 1.42 bits per heavy atom. The van der Waals surface area contributed by atoms with Crippen LogP contribution in [-0.4, -0.2) is 23.6 Å². The molecular formula is C13H17ClN4S. The molecule has 102 valence electrons. The molecule has 0 aromatic carbocycles. The molecule has 0 amide bonds. The summed E-state index contributed by atoms with van der Waals surface area (Å²) >= 11 is 7.75. The molecule has 0 atom stereocenters. The van der Waals surface area contributed by atoms with Crippen molar-refractivity contribution in [2.24, 2.45) is 0 Å². The Kier molecular flexibility index (Phi) is 5.13. The van der Waals surface area contributed by atoms with E-state index in [0.29, 0.717) is 11.6 Å². The van der Waals surface area contributed by atoms with Gasteiger partial charge >= 0.3 is 0 Å². The van der Waals surface area contributed by atoms with Crippen LogP contribution in [0.3, 0.4) is 0 Å². The average molecular weight is 297 g/mol. The van der Waals surface area contributed by atoms with Crippen LogP contribution in [0.15, 0.2) is 23.0 Å². The first-order valence-corrected chi connectivity index (χ1v) is 7.47. The quantitative estimate of drug-likeness (QED) is 0.890. The summed E-state index contributed by atoms with van der Waals surface area (Å²) in [5, 5.41) is 5.99. The van der Waals surface area contributed by atoms with Crippen LogP contribution in [0, 0.1) is 0 Å². The molecule has 2 aromatic heterocycles. The van der Waals surface area contributed by atoms with Crippen molar-refractivity contribution in [1.29, 1.82) is 0 Å². The number of halogens is 1. The first kappa shape index (κ1) is 14.2. The maximum atomic E-state index is 6.15. The molecule has 2 heterocycles. The van der Waals surface area contributed by atoms with E-state index in [4.69, 9.17) is 11.6 Å². The number of rotatable bonds is 6. The molecule has 0 saturated heterocycles. The van der Waals surface area contributed by atoms with Gasteiger partial charge in [0.15, 0.2) is 0 Å². The maximum absolute atomic E-state index is 6.15. The molecule has 6 heteroatoms. The molecule has 0 bridgehead atoms. The molecule has 0 aliphatic carbocycles. The van der Waals surface area contributed by atoms with Gasteiger partial charge in [0.1, 0.15) is 5.82 Å². The average Bonchev–Trinajstić information content (AvgIpc) is 2.90. The van der Waals surface area contributed by atoms with Gasteiger partial charge in [-0.15, -0.1) is 11.3 Å². The van der Waals surface area contributed by atoms with Gasteiger partial charge in [0.25, 0.3) is 0 Å². The smallest absolute Gasteiger partial charge is 0.129 e. The fraction of sp³-hybridized carbons (Fsp3) is 0.385. The van der Waals surface area contributed by atoms with E-state index in [9.17, 15) is 0 Å². The maximum Gasteiger partial charge on any atom is 0.129 e. The van der Waals surface area contributed by atoms with Crippen LogP contribution < -0.4 is 10.2 Å². The Labute approximate surface area is 122 Å². The van der Waals surface area contributed by atoms with E-state index in [1.807, 2.05) is 30.1 Å². The molecule has 0 unspecified atom stereocenters. The zero-order chi connectivity index (χ0) is 13.7. The van der Waals surface area contributed by atoms with Crippen molar-refractivity contribution in [1.82, 2.24) is 15.3 Å². The molecule has 2 rings (SSSR count). The van der Waals surface area contributed by atoms with Crippen LogP contribution >= 0.6 is 22.9 Å². The predicted octanol–water partition coefficient (Wildman–Crippen LogP) is 2.94. The minimum Gasteiger partial charge on any atom is -0.354 e. The SMILES string of the molecule is CCNCc1nc(N(C)Cc2cscn2)ccc1Cl. The summed E-state index contributed by atoms with van der Waals surface area (Å²) in [6, 6.07) is 3.83. The van der Waals surface area contributed by atoms with Crippen molar-refractivity contribution in [3.05, 3.63) is 39.4 Å². The summed E-state index contributed by atoms with van der Waals surface area (Å²) in [6.07, 6.45) is 0. The molecule has 0 saturated carbocycles. The second kappa shape index (κ2) is 6.84. The van der Waals surface area contributed by atoms with Crippen LogP contribution in [0.1, 0.15) is 18.3 Å². The molecule has 19 heavy (non-hydrogen) atoms. The minimum absolute atomic E-state index is 0.688. The standard InChI is InChI=1S/C13H17ClN4S/c1-3-15-6-12-11(14)4-5-13(17-12)18(2)7-10-8-19-9-16-10/h4-5,8-9,15H,3,6-7H2,1-2H3. The number of anilines is 1. The lowest BCUT2D eigenvalue weighted by atomic mass is 10.3. The van der Waals surface area contributed by atoms with E-state index < -0.39 is 0 Å². The number of thiazole rings is 1. The molecule has 4 nitrogen and oxygen atoms in total.